The van der Waals surface area contributed by atoms with Crippen LogP contribution in [0.3, 0.4) is 0 Å². The molecule has 0 saturated carbocycles. The number of nitrogens with zero attached hydrogens (tertiary/aromatic N) is 5. The van der Waals surface area contributed by atoms with Gasteiger partial charge in [0.15, 0.2) is 5.69 Å². The Balaban J connectivity index is 1.89. The van der Waals surface area contributed by atoms with Crippen LogP contribution in [-0.2, 0) is 13.6 Å². The van der Waals surface area contributed by atoms with Crippen molar-refractivity contribution in [2.45, 2.75) is 32.4 Å². The van der Waals surface area contributed by atoms with Crippen LogP contribution in [0.25, 0.3) is 0 Å². The van der Waals surface area contributed by atoms with Crippen molar-refractivity contribution in [2.24, 2.45) is 7.05 Å². The van der Waals surface area contributed by atoms with Crippen LogP contribution in [0.4, 0.5) is 0 Å². The van der Waals surface area contributed by atoms with Gasteiger partial charge in [-0.15, -0.1) is 0 Å². The van der Waals surface area contributed by atoms with E-state index in [1.54, 1.807) is 24.1 Å². The van der Waals surface area contributed by atoms with Crippen LogP contribution in [-0.4, -0.2) is 56.7 Å². The van der Waals surface area contributed by atoms with Gasteiger partial charge in [-0.1, -0.05) is 11.6 Å². The van der Waals surface area contributed by atoms with Crippen molar-refractivity contribution >= 4 is 17.5 Å². The van der Waals surface area contributed by atoms with Crippen LogP contribution in [0, 0.1) is 6.92 Å². The Hall–Kier alpha value is -1.92. The Morgan fingerprint density at radius 1 is 1.28 bits per heavy atom. The number of likely N-dealkylation sites (tertiary alicyclic amines) is 1. The number of carbonyl (C=O) groups is 1. The van der Waals surface area contributed by atoms with E-state index in [0.29, 0.717) is 17.3 Å². The number of hydrogen-bond acceptors (Lipinski definition) is 4. The van der Waals surface area contributed by atoms with Gasteiger partial charge in [0.2, 0.25) is 0 Å². The van der Waals surface area contributed by atoms with Crippen molar-refractivity contribution in [3.63, 3.8) is 0 Å². The molecular weight excluding hydrogens is 338 g/mol. The number of amides is 1. The molecule has 0 aromatic carbocycles. The number of aryl methyl sites for hydroxylation is 1. The van der Waals surface area contributed by atoms with Crippen molar-refractivity contribution in [3.05, 3.63) is 46.5 Å². The van der Waals surface area contributed by atoms with Gasteiger partial charge in [0.05, 0.1) is 10.7 Å². The maximum absolute atomic E-state index is 13.3. The molecule has 25 heavy (non-hydrogen) atoms. The lowest BCUT2D eigenvalue weighted by atomic mass is 10.0. The number of halogens is 1. The standard InChI is InChI=1S/C18H24ClN5O/c1-13-16(19)17(21-23(13)3)18(25)24(12-14-4-8-20-9-5-14)15-6-10-22(2)11-7-15/h4-5,8-9,15H,6-7,10-12H2,1-3H3. The van der Waals surface area contributed by atoms with Crippen molar-refractivity contribution in [2.75, 3.05) is 20.1 Å². The topological polar surface area (TPSA) is 54.3 Å². The normalized spacial score (nSPS) is 16.2. The van der Waals surface area contributed by atoms with Gasteiger partial charge in [0.1, 0.15) is 0 Å². The summed E-state index contributed by atoms with van der Waals surface area (Å²) in [4.78, 5) is 21.5. The lowest BCUT2D eigenvalue weighted by Crippen LogP contribution is -2.46. The highest BCUT2D eigenvalue weighted by Crippen LogP contribution is 2.25. The third-order valence-electron chi connectivity index (χ3n) is 4.96. The second-order valence-electron chi connectivity index (χ2n) is 6.69. The second-order valence-corrected chi connectivity index (χ2v) is 7.07. The molecule has 0 unspecified atom stereocenters. The molecule has 0 bridgehead atoms. The zero-order valence-electron chi connectivity index (χ0n) is 14.9. The molecule has 0 spiro atoms. The van der Waals surface area contributed by atoms with E-state index in [2.05, 4.69) is 22.0 Å². The first-order valence-electron chi connectivity index (χ1n) is 8.55. The molecule has 3 rings (SSSR count). The lowest BCUT2D eigenvalue weighted by molar-refractivity contribution is 0.0563. The summed E-state index contributed by atoms with van der Waals surface area (Å²) < 4.78 is 1.66. The van der Waals surface area contributed by atoms with E-state index in [1.807, 2.05) is 24.0 Å². The molecule has 1 aliphatic heterocycles. The Bertz CT molecular complexity index is 737. The van der Waals surface area contributed by atoms with Crippen molar-refractivity contribution < 1.29 is 4.79 Å². The molecule has 1 fully saturated rings. The number of aromatic nitrogens is 3. The van der Waals surface area contributed by atoms with Crippen LogP contribution in [0.15, 0.2) is 24.5 Å². The Kier molecular flexibility index (Phi) is 5.39. The van der Waals surface area contributed by atoms with Gasteiger partial charge in [-0.05, 0) is 57.6 Å². The molecule has 1 amide bonds. The maximum Gasteiger partial charge on any atom is 0.276 e. The van der Waals surface area contributed by atoms with E-state index in [0.717, 1.165) is 37.2 Å². The van der Waals surface area contributed by atoms with Crippen LogP contribution in [0.1, 0.15) is 34.6 Å². The molecule has 134 valence electrons. The second kappa shape index (κ2) is 7.54. The summed E-state index contributed by atoms with van der Waals surface area (Å²) >= 11 is 6.37. The fourth-order valence-corrected chi connectivity index (χ4v) is 3.45. The smallest absolute Gasteiger partial charge is 0.276 e. The number of carbonyl (C=O) groups excluding carboxylic acids is 1. The summed E-state index contributed by atoms with van der Waals surface area (Å²) in [6.45, 7) is 4.39. The molecule has 6 nitrogen and oxygen atoms in total. The van der Waals surface area contributed by atoms with E-state index < -0.39 is 0 Å². The van der Waals surface area contributed by atoms with E-state index in [4.69, 9.17) is 11.6 Å². The summed E-state index contributed by atoms with van der Waals surface area (Å²) in [5.41, 5.74) is 2.21. The molecule has 1 saturated heterocycles. The molecule has 0 N–H and O–H groups in total. The number of rotatable bonds is 4. The molecule has 3 heterocycles. The molecular formula is C18H24ClN5O. The minimum absolute atomic E-state index is 0.0972. The first-order chi connectivity index (χ1) is 12.0. The summed E-state index contributed by atoms with van der Waals surface area (Å²) in [5, 5.41) is 4.80. The highest BCUT2D eigenvalue weighted by Gasteiger charge is 2.31. The summed E-state index contributed by atoms with van der Waals surface area (Å²) in [6.07, 6.45) is 5.42. The molecule has 0 radical (unpaired) electrons. The molecule has 2 aromatic rings. The molecule has 7 heteroatoms. The van der Waals surface area contributed by atoms with Gasteiger partial charge in [0, 0.05) is 32.0 Å². The minimum atomic E-state index is -0.0972. The molecule has 0 aliphatic carbocycles. The summed E-state index contributed by atoms with van der Waals surface area (Å²) in [6, 6.07) is 4.08. The highest BCUT2D eigenvalue weighted by atomic mass is 35.5. The zero-order valence-corrected chi connectivity index (χ0v) is 15.7. The average molecular weight is 362 g/mol. The Morgan fingerprint density at radius 2 is 1.92 bits per heavy atom. The zero-order chi connectivity index (χ0) is 18.0. The number of hydrogen-bond donors (Lipinski definition) is 0. The Morgan fingerprint density at radius 3 is 2.48 bits per heavy atom. The summed E-state index contributed by atoms with van der Waals surface area (Å²) in [5.74, 6) is -0.0972. The van der Waals surface area contributed by atoms with Gasteiger partial charge >= 0.3 is 0 Å². The van der Waals surface area contributed by atoms with E-state index >= 15 is 0 Å². The van der Waals surface area contributed by atoms with Crippen molar-refractivity contribution in [1.29, 1.82) is 0 Å². The fraction of sp³-hybridized carbons (Fsp3) is 0.500. The van der Waals surface area contributed by atoms with Gasteiger partial charge < -0.3 is 9.80 Å². The van der Waals surface area contributed by atoms with E-state index in [-0.39, 0.29) is 11.9 Å². The van der Waals surface area contributed by atoms with E-state index in [1.165, 1.54) is 0 Å². The predicted octanol–water partition coefficient (Wildman–Crippen LogP) is 2.51. The number of piperidine rings is 1. The molecule has 2 aromatic heterocycles. The Labute approximate surface area is 153 Å². The largest absolute Gasteiger partial charge is 0.330 e. The molecule has 0 atom stereocenters. The number of pyridine rings is 1. The predicted molar refractivity (Wildman–Crippen MR) is 97.6 cm³/mol. The van der Waals surface area contributed by atoms with Crippen LogP contribution < -0.4 is 0 Å². The van der Waals surface area contributed by atoms with Gasteiger partial charge in [-0.3, -0.25) is 14.5 Å². The minimum Gasteiger partial charge on any atom is -0.330 e. The SMILES string of the molecule is Cc1c(Cl)c(C(=O)N(Cc2ccncc2)C2CCN(C)CC2)nn1C. The maximum atomic E-state index is 13.3. The van der Waals surface area contributed by atoms with Crippen molar-refractivity contribution in [3.8, 4) is 0 Å². The van der Waals surface area contributed by atoms with Crippen LogP contribution in [0.5, 0.6) is 0 Å². The average Bonchev–Trinajstić information content (AvgIpc) is 2.88. The highest BCUT2D eigenvalue weighted by molar-refractivity contribution is 6.34. The van der Waals surface area contributed by atoms with Gasteiger partial charge in [-0.25, -0.2) is 0 Å². The van der Waals surface area contributed by atoms with Crippen LogP contribution >= 0.6 is 11.6 Å². The van der Waals surface area contributed by atoms with Gasteiger partial charge in [0.25, 0.3) is 5.91 Å². The first-order valence-corrected chi connectivity index (χ1v) is 8.92. The third kappa shape index (κ3) is 3.85. The summed E-state index contributed by atoms with van der Waals surface area (Å²) in [7, 11) is 3.92. The molecule has 1 aliphatic rings. The van der Waals surface area contributed by atoms with Crippen molar-refractivity contribution in [1.82, 2.24) is 24.6 Å². The van der Waals surface area contributed by atoms with E-state index in [9.17, 15) is 4.79 Å². The van der Waals surface area contributed by atoms with Gasteiger partial charge in [-0.2, -0.15) is 5.10 Å². The monoisotopic (exact) mass is 361 g/mol. The lowest BCUT2D eigenvalue weighted by Gasteiger charge is -2.37. The quantitative estimate of drug-likeness (QED) is 0.839. The first kappa shape index (κ1) is 17.9. The third-order valence-corrected chi connectivity index (χ3v) is 5.41. The fourth-order valence-electron chi connectivity index (χ4n) is 3.21. The van der Waals surface area contributed by atoms with Crippen LogP contribution in [0.2, 0.25) is 5.02 Å².